The molecule has 1 aromatic carbocycles. The molecule has 0 radical (unpaired) electrons. The lowest BCUT2D eigenvalue weighted by atomic mass is 9.84. The van der Waals surface area contributed by atoms with Crippen LogP contribution in [0.1, 0.15) is 33.3 Å². The largest absolute Gasteiger partial charge is 0.366 e. The number of hydrogen-bond acceptors (Lipinski definition) is 2. The van der Waals surface area contributed by atoms with E-state index in [0.29, 0.717) is 12.1 Å². The van der Waals surface area contributed by atoms with Crippen molar-refractivity contribution < 1.29 is 0 Å². The summed E-state index contributed by atoms with van der Waals surface area (Å²) in [7, 11) is 0. The average Bonchev–Trinajstić information content (AvgIpc) is 2.32. The van der Waals surface area contributed by atoms with E-state index in [-0.39, 0.29) is 5.41 Å². The van der Waals surface area contributed by atoms with Gasteiger partial charge in [-0.15, -0.1) is 0 Å². The predicted molar refractivity (Wildman–Crippen MR) is 86.9 cm³/mol. The van der Waals surface area contributed by atoms with E-state index in [1.165, 1.54) is 11.3 Å². The van der Waals surface area contributed by atoms with Gasteiger partial charge < -0.3 is 10.2 Å². The van der Waals surface area contributed by atoms with Crippen molar-refractivity contribution in [2.45, 2.75) is 46.7 Å². The van der Waals surface area contributed by atoms with Crippen LogP contribution >= 0.6 is 15.9 Å². The Kier molecular flexibility index (Phi) is 4.26. The zero-order valence-corrected chi connectivity index (χ0v) is 14.2. The Balaban J connectivity index is 2.28. The first-order chi connectivity index (χ1) is 8.79. The third-order valence-corrected chi connectivity index (χ3v) is 4.59. The van der Waals surface area contributed by atoms with E-state index in [4.69, 9.17) is 0 Å². The zero-order valence-electron chi connectivity index (χ0n) is 12.6. The molecule has 0 spiro atoms. The normalized spacial score (nSPS) is 24.6. The Hall–Kier alpha value is -0.540. The minimum atomic E-state index is 0.290. The number of piperazine rings is 1. The predicted octanol–water partition coefficient (Wildman–Crippen LogP) is 3.97. The lowest BCUT2D eigenvalue weighted by molar-refractivity contribution is 0.239. The fourth-order valence-electron chi connectivity index (χ4n) is 2.67. The standard InChI is InChI=1S/C16H25BrN2/c1-11-6-7-13(17)8-14(11)19-10-15(16(3,4)5)18-9-12(19)2/h6-8,12,15,18H,9-10H2,1-5H3. The smallest absolute Gasteiger partial charge is 0.0410 e. The molecule has 1 saturated heterocycles. The van der Waals surface area contributed by atoms with Gasteiger partial charge in [-0.3, -0.25) is 0 Å². The van der Waals surface area contributed by atoms with Gasteiger partial charge in [-0.1, -0.05) is 42.8 Å². The van der Waals surface area contributed by atoms with Gasteiger partial charge in [-0.2, -0.15) is 0 Å². The zero-order chi connectivity index (χ0) is 14.2. The summed E-state index contributed by atoms with van der Waals surface area (Å²) in [6.07, 6.45) is 0. The second-order valence-corrected chi connectivity index (χ2v) is 7.67. The number of rotatable bonds is 1. The van der Waals surface area contributed by atoms with Crippen molar-refractivity contribution in [2.75, 3.05) is 18.0 Å². The molecule has 1 N–H and O–H groups in total. The molecule has 19 heavy (non-hydrogen) atoms. The molecule has 1 aromatic rings. The summed E-state index contributed by atoms with van der Waals surface area (Å²) >= 11 is 3.60. The Morgan fingerprint density at radius 1 is 1.32 bits per heavy atom. The average molecular weight is 325 g/mol. The third-order valence-electron chi connectivity index (χ3n) is 4.10. The Morgan fingerprint density at radius 3 is 2.63 bits per heavy atom. The molecule has 0 aromatic heterocycles. The summed E-state index contributed by atoms with van der Waals surface area (Å²) in [5, 5.41) is 3.69. The van der Waals surface area contributed by atoms with Crippen LogP contribution in [-0.4, -0.2) is 25.2 Å². The summed E-state index contributed by atoms with van der Waals surface area (Å²) in [5.74, 6) is 0. The molecule has 2 rings (SSSR count). The van der Waals surface area contributed by atoms with E-state index in [1.807, 2.05) is 0 Å². The van der Waals surface area contributed by atoms with Crippen molar-refractivity contribution >= 4 is 21.6 Å². The van der Waals surface area contributed by atoms with Crippen molar-refractivity contribution in [3.8, 4) is 0 Å². The maximum atomic E-state index is 3.69. The first-order valence-corrected chi connectivity index (χ1v) is 7.84. The van der Waals surface area contributed by atoms with Gasteiger partial charge in [0.2, 0.25) is 0 Å². The van der Waals surface area contributed by atoms with Gasteiger partial charge in [0, 0.05) is 35.3 Å². The maximum Gasteiger partial charge on any atom is 0.0410 e. The molecule has 0 saturated carbocycles. The van der Waals surface area contributed by atoms with Crippen molar-refractivity contribution in [3.63, 3.8) is 0 Å². The fraction of sp³-hybridized carbons (Fsp3) is 0.625. The minimum absolute atomic E-state index is 0.290. The van der Waals surface area contributed by atoms with Crippen LogP contribution < -0.4 is 10.2 Å². The molecule has 106 valence electrons. The van der Waals surface area contributed by atoms with Gasteiger partial charge in [0.15, 0.2) is 0 Å². The molecule has 2 atom stereocenters. The van der Waals surface area contributed by atoms with Gasteiger partial charge >= 0.3 is 0 Å². The number of nitrogens with zero attached hydrogens (tertiary/aromatic N) is 1. The van der Waals surface area contributed by atoms with Crippen molar-refractivity contribution in [3.05, 3.63) is 28.2 Å². The molecule has 1 heterocycles. The fourth-order valence-corrected chi connectivity index (χ4v) is 3.02. The van der Waals surface area contributed by atoms with Crippen molar-refractivity contribution in [1.82, 2.24) is 5.32 Å². The van der Waals surface area contributed by atoms with E-state index < -0.39 is 0 Å². The Bertz CT molecular complexity index is 451. The van der Waals surface area contributed by atoms with Crippen LogP contribution in [0, 0.1) is 12.3 Å². The highest BCUT2D eigenvalue weighted by Crippen LogP contribution is 2.30. The van der Waals surface area contributed by atoms with Gasteiger partial charge in [-0.05, 0) is 37.0 Å². The lowest BCUT2D eigenvalue weighted by Crippen LogP contribution is -2.59. The Labute approximate surface area is 125 Å². The molecule has 1 aliphatic heterocycles. The maximum absolute atomic E-state index is 3.69. The number of aryl methyl sites for hydroxylation is 1. The summed E-state index contributed by atoms with van der Waals surface area (Å²) < 4.78 is 1.16. The molecule has 3 heteroatoms. The summed E-state index contributed by atoms with van der Waals surface area (Å²) in [5.41, 5.74) is 3.00. The topological polar surface area (TPSA) is 15.3 Å². The highest BCUT2D eigenvalue weighted by atomic mass is 79.9. The molecular formula is C16H25BrN2. The molecule has 1 aliphatic rings. The summed E-state index contributed by atoms with van der Waals surface area (Å²) in [4.78, 5) is 2.55. The molecular weight excluding hydrogens is 300 g/mol. The number of hydrogen-bond donors (Lipinski definition) is 1. The quantitative estimate of drug-likeness (QED) is 0.840. The number of anilines is 1. The van der Waals surface area contributed by atoms with E-state index in [9.17, 15) is 0 Å². The number of halogens is 1. The monoisotopic (exact) mass is 324 g/mol. The lowest BCUT2D eigenvalue weighted by Gasteiger charge is -2.45. The molecule has 2 unspecified atom stereocenters. The molecule has 0 bridgehead atoms. The highest BCUT2D eigenvalue weighted by Gasteiger charge is 2.32. The summed E-state index contributed by atoms with van der Waals surface area (Å²) in [6.45, 7) is 13.6. The minimum Gasteiger partial charge on any atom is -0.366 e. The first kappa shape index (κ1) is 14.9. The van der Waals surface area contributed by atoms with Crippen molar-refractivity contribution in [1.29, 1.82) is 0 Å². The molecule has 1 fully saturated rings. The van der Waals surface area contributed by atoms with Crippen LogP contribution in [0.5, 0.6) is 0 Å². The first-order valence-electron chi connectivity index (χ1n) is 7.05. The van der Waals surface area contributed by atoms with Gasteiger partial charge in [-0.25, -0.2) is 0 Å². The van der Waals surface area contributed by atoms with Crippen LogP contribution in [0.25, 0.3) is 0 Å². The number of nitrogens with one attached hydrogen (secondary N) is 1. The second kappa shape index (κ2) is 5.45. The van der Waals surface area contributed by atoms with Gasteiger partial charge in [0.1, 0.15) is 0 Å². The van der Waals surface area contributed by atoms with Crippen LogP contribution in [0.3, 0.4) is 0 Å². The van der Waals surface area contributed by atoms with Gasteiger partial charge in [0.25, 0.3) is 0 Å². The van der Waals surface area contributed by atoms with Gasteiger partial charge in [0.05, 0.1) is 0 Å². The summed E-state index contributed by atoms with van der Waals surface area (Å²) in [6, 6.07) is 7.62. The second-order valence-electron chi connectivity index (χ2n) is 6.76. The van der Waals surface area contributed by atoms with E-state index >= 15 is 0 Å². The van der Waals surface area contributed by atoms with Crippen molar-refractivity contribution in [2.24, 2.45) is 5.41 Å². The van der Waals surface area contributed by atoms with Crippen LogP contribution in [0.15, 0.2) is 22.7 Å². The molecule has 2 nitrogen and oxygen atoms in total. The molecule has 0 amide bonds. The van der Waals surface area contributed by atoms with Crippen LogP contribution in [0.2, 0.25) is 0 Å². The molecule has 0 aliphatic carbocycles. The highest BCUT2D eigenvalue weighted by molar-refractivity contribution is 9.10. The SMILES string of the molecule is Cc1ccc(Br)cc1N1CC(C(C)(C)C)NCC1C. The number of benzene rings is 1. The van der Waals surface area contributed by atoms with E-state index in [0.717, 1.165) is 17.6 Å². The van der Waals surface area contributed by atoms with E-state index in [2.05, 4.69) is 79.0 Å². The third kappa shape index (κ3) is 3.32. The Morgan fingerprint density at radius 2 is 2.00 bits per heavy atom. The van der Waals surface area contributed by atoms with Crippen LogP contribution in [-0.2, 0) is 0 Å². The van der Waals surface area contributed by atoms with Crippen LogP contribution in [0.4, 0.5) is 5.69 Å². The van der Waals surface area contributed by atoms with E-state index in [1.54, 1.807) is 0 Å².